The van der Waals surface area contributed by atoms with Gasteiger partial charge in [0.05, 0.1) is 6.42 Å². The van der Waals surface area contributed by atoms with E-state index < -0.39 is 24.3 Å². The summed E-state index contributed by atoms with van der Waals surface area (Å²) in [5.41, 5.74) is 1.55. The molecule has 128 valence electrons. The van der Waals surface area contributed by atoms with Crippen molar-refractivity contribution in [1.29, 1.82) is 0 Å². The number of carbonyl (C=O) groups excluding carboxylic acids is 3. The highest BCUT2D eigenvalue weighted by Crippen LogP contribution is 2.25. The molecule has 2 aromatic carbocycles. The fraction of sp³-hybridized carbons (Fsp3) is 0.167. The maximum atomic E-state index is 12.4. The highest BCUT2D eigenvalue weighted by Gasteiger charge is 2.32. The van der Waals surface area contributed by atoms with E-state index in [4.69, 9.17) is 27.9 Å². The van der Waals surface area contributed by atoms with Crippen LogP contribution in [0.1, 0.15) is 21.5 Å². The normalized spacial score (nSPS) is 13.6. The van der Waals surface area contributed by atoms with Gasteiger partial charge in [0.15, 0.2) is 0 Å². The van der Waals surface area contributed by atoms with E-state index in [9.17, 15) is 14.4 Å². The lowest BCUT2D eigenvalue weighted by atomic mass is 9.98. The number of hydrogen-bond acceptors (Lipinski definition) is 4. The van der Waals surface area contributed by atoms with E-state index in [1.165, 1.54) is 0 Å². The number of amides is 2. The van der Waals surface area contributed by atoms with Crippen molar-refractivity contribution in [3.8, 4) is 0 Å². The number of esters is 1. The minimum Gasteiger partial charge on any atom is -0.459 e. The second kappa shape index (κ2) is 7.25. The number of ether oxygens (including phenoxy) is 1. The minimum atomic E-state index is -0.711. The van der Waals surface area contributed by atoms with Gasteiger partial charge >= 0.3 is 5.97 Å². The average Bonchev–Trinajstić information content (AvgIpc) is 2.58. The molecule has 0 saturated carbocycles. The van der Waals surface area contributed by atoms with Gasteiger partial charge in [-0.15, -0.1) is 0 Å². The van der Waals surface area contributed by atoms with Gasteiger partial charge < -0.3 is 4.74 Å². The van der Waals surface area contributed by atoms with Crippen molar-refractivity contribution in [3.05, 3.63) is 69.2 Å². The number of imide groups is 1. The third-order valence-electron chi connectivity index (χ3n) is 3.86. The topological polar surface area (TPSA) is 63.7 Å². The summed E-state index contributed by atoms with van der Waals surface area (Å²) < 4.78 is 5.12. The van der Waals surface area contributed by atoms with Gasteiger partial charge in [-0.05, 0) is 23.8 Å². The van der Waals surface area contributed by atoms with Crippen LogP contribution in [0.15, 0.2) is 42.5 Å². The van der Waals surface area contributed by atoms with Gasteiger partial charge in [0.2, 0.25) is 5.91 Å². The van der Waals surface area contributed by atoms with Crippen LogP contribution in [0.5, 0.6) is 0 Å². The lowest BCUT2D eigenvalue weighted by Crippen LogP contribution is -2.45. The molecule has 0 unspecified atom stereocenters. The quantitative estimate of drug-likeness (QED) is 0.605. The molecule has 3 rings (SSSR count). The molecular formula is C18H13Cl2NO4. The van der Waals surface area contributed by atoms with Crippen LogP contribution in [0.3, 0.4) is 0 Å². The molecule has 0 N–H and O–H groups in total. The van der Waals surface area contributed by atoms with Crippen molar-refractivity contribution >= 4 is 41.0 Å². The molecular weight excluding hydrogens is 365 g/mol. The number of halogens is 2. The van der Waals surface area contributed by atoms with E-state index in [0.717, 1.165) is 4.90 Å². The molecule has 0 radical (unpaired) electrons. The zero-order chi connectivity index (χ0) is 18.0. The summed E-state index contributed by atoms with van der Waals surface area (Å²) in [4.78, 5) is 37.5. The Bertz CT molecular complexity index is 846. The predicted octanol–water partition coefficient (Wildman–Crippen LogP) is 3.26. The summed E-state index contributed by atoms with van der Waals surface area (Å²) in [5, 5.41) is 0.749. The van der Waals surface area contributed by atoms with Gasteiger partial charge in [-0.25, -0.2) is 0 Å². The van der Waals surface area contributed by atoms with Crippen LogP contribution >= 0.6 is 23.2 Å². The standard InChI is InChI=1S/C18H13Cl2NO4/c19-14-6-3-7-15(20)13(14)10-25-17(23)9-21-16(22)8-11-4-1-2-5-12(11)18(21)24/h1-7H,8-10H2. The van der Waals surface area contributed by atoms with E-state index in [1.807, 2.05) is 0 Å². The van der Waals surface area contributed by atoms with Crippen LogP contribution < -0.4 is 0 Å². The summed E-state index contributed by atoms with van der Waals surface area (Å²) in [6, 6.07) is 11.8. The molecule has 0 fully saturated rings. The summed E-state index contributed by atoms with van der Waals surface area (Å²) >= 11 is 12.0. The van der Waals surface area contributed by atoms with Gasteiger partial charge in [-0.2, -0.15) is 0 Å². The van der Waals surface area contributed by atoms with E-state index in [0.29, 0.717) is 26.7 Å². The largest absolute Gasteiger partial charge is 0.459 e. The van der Waals surface area contributed by atoms with Crippen LogP contribution in [0.25, 0.3) is 0 Å². The highest BCUT2D eigenvalue weighted by molar-refractivity contribution is 6.35. The van der Waals surface area contributed by atoms with Gasteiger partial charge in [0, 0.05) is 21.2 Å². The molecule has 0 aliphatic carbocycles. The summed E-state index contributed by atoms with van der Waals surface area (Å²) in [6.07, 6.45) is 0.0749. The van der Waals surface area contributed by atoms with Crippen LogP contribution in [0.4, 0.5) is 0 Å². The lowest BCUT2D eigenvalue weighted by Gasteiger charge is -2.25. The van der Waals surface area contributed by atoms with Crippen LogP contribution in [-0.4, -0.2) is 29.2 Å². The first-order valence-electron chi connectivity index (χ1n) is 7.48. The molecule has 5 nitrogen and oxygen atoms in total. The van der Waals surface area contributed by atoms with Crippen molar-refractivity contribution in [2.75, 3.05) is 6.54 Å². The van der Waals surface area contributed by atoms with E-state index in [2.05, 4.69) is 0 Å². The highest BCUT2D eigenvalue weighted by atomic mass is 35.5. The van der Waals surface area contributed by atoms with Crippen LogP contribution in [0, 0.1) is 0 Å². The SMILES string of the molecule is O=C(CN1C(=O)Cc2ccccc2C1=O)OCc1c(Cl)cccc1Cl. The molecule has 0 bridgehead atoms. The molecule has 1 aliphatic heterocycles. The third kappa shape index (κ3) is 3.67. The van der Waals surface area contributed by atoms with Crippen molar-refractivity contribution in [3.63, 3.8) is 0 Å². The first-order chi connectivity index (χ1) is 12.0. The number of rotatable bonds is 4. The van der Waals surface area contributed by atoms with E-state index >= 15 is 0 Å². The van der Waals surface area contributed by atoms with E-state index in [1.54, 1.807) is 42.5 Å². The van der Waals surface area contributed by atoms with Gasteiger partial charge in [-0.3, -0.25) is 19.3 Å². The Kier molecular flexibility index (Phi) is 5.06. The maximum absolute atomic E-state index is 12.4. The monoisotopic (exact) mass is 377 g/mol. The van der Waals surface area contributed by atoms with Crippen molar-refractivity contribution in [2.24, 2.45) is 0 Å². The summed E-state index contributed by atoms with van der Waals surface area (Å²) in [6.45, 7) is -0.585. The smallest absolute Gasteiger partial charge is 0.326 e. The Morgan fingerprint density at radius 2 is 1.72 bits per heavy atom. The minimum absolute atomic E-state index is 0.0749. The molecule has 2 aromatic rings. The lowest BCUT2D eigenvalue weighted by molar-refractivity contribution is -0.149. The predicted molar refractivity (Wildman–Crippen MR) is 92.4 cm³/mol. The molecule has 7 heteroatoms. The fourth-order valence-electron chi connectivity index (χ4n) is 2.56. The van der Waals surface area contributed by atoms with Gasteiger partial charge in [0.1, 0.15) is 13.2 Å². The Labute approximate surface area is 154 Å². The van der Waals surface area contributed by atoms with Crippen molar-refractivity contribution in [2.45, 2.75) is 13.0 Å². The Morgan fingerprint density at radius 3 is 2.44 bits per heavy atom. The first kappa shape index (κ1) is 17.5. The zero-order valence-corrected chi connectivity index (χ0v) is 14.5. The number of hydrogen-bond donors (Lipinski definition) is 0. The Morgan fingerprint density at radius 1 is 1.04 bits per heavy atom. The van der Waals surface area contributed by atoms with E-state index in [-0.39, 0.29) is 13.0 Å². The second-order valence-electron chi connectivity index (χ2n) is 5.48. The molecule has 0 spiro atoms. The Balaban J connectivity index is 1.67. The number of benzene rings is 2. The first-order valence-corrected chi connectivity index (χ1v) is 8.24. The molecule has 0 aromatic heterocycles. The fourth-order valence-corrected chi connectivity index (χ4v) is 3.06. The summed E-state index contributed by atoms with van der Waals surface area (Å²) in [7, 11) is 0. The van der Waals surface area contributed by atoms with Gasteiger partial charge in [-0.1, -0.05) is 47.5 Å². The van der Waals surface area contributed by atoms with Crippen LogP contribution in [-0.2, 0) is 27.4 Å². The second-order valence-corrected chi connectivity index (χ2v) is 6.29. The number of carbonyl (C=O) groups is 3. The Hall–Kier alpha value is -2.37. The average molecular weight is 378 g/mol. The molecule has 1 heterocycles. The van der Waals surface area contributed by atoms with Gasteiger partial charge in [0.25, 0.3) is 5.91 Å². The van der Waals surface area contributed by atoms with Crippen molar-refractivity contribution < 1.29 is 19.1 Å². The molecule has 2 amide bonds. The summed E-state index contributed by atoms with van der Waals surface area (Å²) in [5.74, 6) is -1.65. The maximum Gasteiger partial charge on any atom is 0.326 e. The zero-order valence-electron chi connectivity index (χ0n) is 13.0. The number of fused-ring (bicyclic) bond motifs is 1. The molecule has 0 saturated heterocycles. The van der Waals surface area contributed by atoms with Crippen LogP contribution in [0.2, 0.25) is 10.0 Å². The third-order valence-corrected chi connectivity index (χ3v) is 4.57. The molecule has 0 atom stereocenters. The molecule has 25 heavy (non-hydrogen) atoms. The number of nitrogens with zero attached hydrogens (tertiary/aromatic N) is 1. The molecule has 1 aliphatic rings. The van der Waals surface area contributed by atoms with Crippen molar-refractivity contribution in [1.82, 2.24) is 4.90 Å².